The SMILES string of the molecule is Cn1cc(C2CCNc3nc(CC(=O)O)nn32)cn1. The summed E-state index contributed by atoms with van der Waals surface area (Å²) in [6.45, 7) is 0.783. The van der Waals surface area contributed by atoms with Crippen molar-refractivity contribution in [1.82, 2.24) is 24.5 Å². The molecule has 8 nitrogen and oxygen atoms in total. The van der Waals surface area contributed by atoms with Gasteiger partial charge in [0.15, 0.2) is 5.82 Å². The molecule has 19 heavy (non-hydrogen) atoms. The number of hydrogen-bond acceptors (Lipinski definition) is 5. The highest BCUT2D eigenvalue weighted by molar-refractivity contribution is 5.69. The maximum absolute atomic E-state index is 10.7. The highest BCUT2D eigenvalue weighted by atomic mass is 16.4. The number of fused-ring (bicyclic) bond motifs is 1. The Morgan fingerprint density at radius 2 is 2.47 bits per heavy atom. The summed E-state index contributed by atoms with van der Waals surface area (Å²) in [5, 5.41) is 20.4. The van der Waals surface area contributed by atoms with E-state index in [9.17, 15) is 4.79 Å². The minimum absolute atomic E-state index is 0.0556. The van der Waals surface area contributed by atoms with Crippen molar-refractivity contribution in [3.05, 3.63) is 23.8 Å². The summed E-state index contributed by atoms with van der Waals surface area (Å²) in [7, 11) is 1.86. The van der Waals surface area contributed by atoms with E-state index in [0.717, 1.165) is 18.5 Å². The number of aromatic nitrogens is 5. The van der Waals surface area contributed by atoms with E-state index in [4.69, 9.17) is 5.11 Å². The first-order chi connectivity index (χ1) is 9.13. The average molecular weight is 262 g/mol. The monoisotopic (exact) mass is 262 g/mol. The molecule has 0 aromatic carbocycles. The molecule has 1 unspecified atom stereocenters. The quantitative estimate of drug-likeness (QED) is 0.810. The number of nitrogens with one attached hydrogen (secondary N) is 1. The summed E-state index contributed by atoms with van der Waals surface area (Å²) < 4.78 is 3.49. The molecule has 2 aromatic heterocycles. The maximum Gasteiger partial charge on any atom is 0.311 e. The summed E-state index contributed by atoms with van der Waals surface area (Å²) in [5.74, 6) is 0.0167. The Morgan fingerprint density at radius 3 is 3.16 bits per heavy atom. The molecule has 1 aliphatic heterocycles. The van der Waals surface area contributed by atoms with Gasteiger partial charge < -0.3 is 10.4 Å². The van der Waals surface area contributed by atoms with E-state index in [0.29, 0.717) is 11.8 Å². The van der Waals surface area contributed by atoms with Crippen LogP contribution in [0.15, 0.2) is 12.4 Å². The summed E-state index contributed by atoms with van der Waals surface area (Å²) in [6, 6.07) is 0.0556. The van der Waals surface area contributed by atoms with Gasteiger partial charge in [-0.05, 0) is 6.42 Å². The third-order valence-corrected chi connectivity index (χ3v) is 3.09. The predicted molar refractivity (Wildman–Crippen MR) is 65.8 cm³/mol. The van der Waals surface area contributed by atoms with Crippen molar-refractivity contribution in [1.29, 1.82) is 0 Å². The second kappa shape index (κ2) is 4.38. The second-order valence-corrected chi connectivity index (χ2v) is 4.55. The fourth-order valence-electron chi connectivity index (χ4n) is 2.28. The third-order valence-electron chi connectivity index (χ3n) is 3.09. The van der Waals surface area contributed by atoms with Crippen molar-refractivity contribution in [2.75, 3.05) is 11.9 Å². The molecule has 0 bridgehead atoms. The van der Waals surface area contributed by atoms with Crippen molar-refractivity contribution in [2.45, 2.75) is 18.9 Å². The molecule has 0 saturated carbocycles. The topological polar surface area (TPSA) is 97.9 Å². The van der Waals surface area contributed by atoms with Gasteiger partial charge in [0, 0.05) is 25.4 Å². The van der Waals surface area contributed by atoms with Crippen LogP contribution in [0.1, 0.15) is 23.9 Å². The molecule has 3 heterocycles. The lowest BCUT2D eigenvalue weighted by atomic mass is 10.1. The Bertz CT molecular complexity index is 616. The number of anilines is 1. The molecular weight excluding hydrogens is 248 g/mol. The zero-order valence-electron chi connectivity index (χ0n) is 10.4. The van der Waals surface area contributed by atoms with Crippen LogP contribution < -0.4 is 5.32 Å². The minimum atomic E-state index is -0.930. The number of nitrogens with zero attached hydrogens (tertiary/aromatic N) is 5. The van der Waals surface area contributed by atoms with Crippen LogP contribution in [0.5, 0.6) is 0 Å². The van der Waals surface area contributed by atoms with Gasteiger partial charge in [-0.1, -0.05) is 0 Å². The molecule has 0 fully saturated rings. The van der Waals surface area contributed by atoms with Crippen molar-refractivity contribution >= 4 is 11.9 Å². The molecule has 0 aliphatic carbocycles. The van der Waals surface area contributed by atoms with E-state index < -0.39 is 5.97 Å². The van der Waals surface area contributed by atoms with Gasteiger partial charge in [-0.25, -0.2) is 4.68 Å². The van der Waals surface area contributed by atoms with E-state index in [1.807, 2.05) is 13.2 Å². The molecule has 0 amide bonds. The van der Waals surface area contributed by atoms with Gasteiger partial charge in [-0.15, -0.1) is 0 Å². The first-order valence-electron chi connectivity index (χ1n) is 6.03. The van der Waals surface area contributed by atoms with Gasteiger partial charge >= 0.3 is 5.97 Å². The lowest BCUT2D eigenvalue weighted by molar-refractivity contribution is -0.136. The number of rotatable bonds is 3. The normalized spacial score (nSPS) is 17.8. The van der Waals surface area contributed by atoms with Gasteiger partial charge in [0.2, 0.25) is 5.95 Å². The molecule has 0 radical (unpaired) electrons. The number of hydrogen-bond donors (Lipinski definition) is 2. The van der Waals surface area contributed by atoms with Gasteiger partial charge in [0.05, 0.1) is 12.2 Å². The van der Waals surface area contributed by atoms with Crippen molar-refractivity contribution < 1.29 is 9.90 Å². The van der Waals surface area contributed by atoms with Crippen LogP contribution in [-0.4, -0.2) is 42.2 Å². The second-order valence-electron chi connectivity index (χ2n) is 4.55. The number of aryl methyl sites for hydroxylation is 1. The van der Waals surface area contributed by atoms with Crippen LogP contribution in [0, 0.1) is 0 Å². The van der Waals surface area contributed by atoms with Crippen LogP contribution in [0.2, 0.25) is 0 Å². The minimum Gasteiger partial charge on any atom is -0.481 e. The zero-order valence-corrected chi connectivity index (χ0v) is 10.4. The Hall–Kier alpha value is -2.38. The molecule has 0 saturated heterocycles. The van der Waals surface area contributed by atoms with E-state index >= 15 is 0 Å². The number of aliphatic carboxylic acids is 1. The number of carbonyl (C=O) groups is 1. The smallest absolute Gasteiger partial charge is 0.311 e. The van der Waals surface area contributed by atoms with E-state index in [1.54, 1.807) is 15.6 Å². The van der Waals surface area contributed by atoms with Crippen molar-refractivity contribution in [2.24, 2.45) is 7.05 Å². The zero-order chi connectivity index (χ0) is 13.4. The first-order valence-corrected chi connectivity index (χ1v) is 6.03. The summed E-state index contributed by atoms with van der Waals surface area (Å²) in [5.41, 5.74) is 1.05. The average Bonchev–Trinajstić information content (AvgIpc) is 2.93. The van der Waals surface area contributed by atoms with Gasteiger partial charge in [0.25, 0.3) is 0 Å². The van der Waals surface area contributed by atoms with Crippen LogP contribution in [0.25, 0.3) is 0 Å². The van der Waals surface area contributed by atoms with Crippen LogP contribution >= 0.6 is 0 Å². The Balaban J connectivity index is 1.95. The first kappa shape index (κ1) is 11.7. The Morgan fingerprint density at radius 1 is 1.63 bits per heavy atom. The third kappa shape index (κ3) is 2.16. The largest absolute Gasteiger partial charge is 0.481 e. The Kier molecular flexibility index (Phi) is 2.69. The van der Waals surface area contributed by atoms with Crippen LogP contribution in [0.3, 0.4) is 0 Å². The van der Waals surface area contributed by atoms with Gasteiger partial charge in [-0.3, -0.25) is 9.48 Å². The van der Waals surface area contributed by atoms with E-state index in [2.05, 4.69) is 20.5 Å². The fraction of sp³-hybridized carbons (Fsp3) is 0.455. The molecule has 8 heteroatoms. The molecule has 2 aromatic rings. The molecule has 1 aliphatic rings. The van der Waals surface area contributed by atoms with Gasteiger partial charge in [0.1, 0.15) is 6.42 Å². The standard InChI is InChI=1S/C11H14N6O2/c1-16-6-7(5-13-16)8-2-3-12-11-14-9(4-10(18)19)15-17(8)11/h5-6,8H,2-4H2,1H3,(H,18,19)(H,12,14,15). The molecule has 100 valence electrons. The van der Waals surface area contributed by atoms with Crippen molar-refractivity contribution in [3.8, 4) is 0 Å². The molecule has 1 atom stereocenters. The lowest BCUT2D eigenvalue weighted by Gasteiger charge is -2.23. The lowest BCUT2D eigenvalue weighted by Crippen LogP contribution is -2.24. The van der Waals surface area contributed by atoms with E-state index in [-0.39, 0.29) is 12.5 Å². The number of carboxylic acid groups (broad SMARTS) is 1. The molecule has 3 rings (SSSR count). The molecule has 0 spiro atoms. The summed E-state index contributed by atoms with van der Waals surface area (Å²) in [4.78, 5) is 14.9. The Labute approximate surface area is 109 Å². The van der Waals surface area contributed by atoms with Crippen LogP contribution in [0.4, 0.5) is 5.95 Å². The van der Waals surface area contributed by atoms with Crippen molar-refractivity contribution in [3.63, 3.8) is 0 Å². The van der Waals surface area contributed by atoms with Gasteiger partial charge in [-0.2, -0.15) is 15.2 Å². The highest BCUT2D eigenvalue weighted by Crippen LogP contribution is 2.27. The van der Waals surface area contributed by atoms with E-state index in [1.165, 1.54) is 0 Å². The molecular formula is C11H14N6O2. The number of carboxylic acids is 1. The summed E-state index contributed by atoms with van der Waals surface area (Å²) in [6.07, 6.45) is 4.45. The van der Waals surface area contributed by atoms with Crippen LogP contribution in [-0.2, 0) is 18.3 Å². The fourth-order valence-corrected chi connectivity index (χ4v) is 2.28. The predicted octanol–water partition coefficient (Wildman–Crippen LogP) is 0.0437. The molecule has 2 N–H and O–H groups in total. The maximum atomic E-state index is 10.7. The summed E-state index contributed by atoms with van der Waals surface area (Å²) >= 11 is 0. The highest BCUT2D eigenvalue weighted by Gasteiger charge is 2.25.